The molecule has 0 aromatic heterocycles. The molecule has 0 aliphatic rings. The Morgan fingerprint density at radius 2 is 0.789 bits per heavy atom. The normalized spacial score (nSPS) is 9.16. The minimum absolute atomic E-state index is 0.486. The second kappa shape index (κ2) is 56.0. The van der Waals surface area contributed by atoms with E-state index in [0.29, 0.717) is 6.42 Å². The molecular weight excluding hydrogens is 472 g/mol. The van der Waals surface area contributed by atoms with Crippen LogP contribution in [0.25, 0.3) is 0 Å². The minimum atomic E-state index is -1.10. The van der Waals surface area contributed by atoms with Crippen LogP contribution in [0.3, 0.4) is 0 Å². The highest BCUT2D eigenvalue weighted by atomic mass is 16.5. The number of ether oxygens (including phenoxy) is 2. The molecule has 0 heterocycles. The predicted octanol–water partition coefficient (Wildman–Crippen LogP) is 11.1. The zero-order chi connectivity index (χ0) is 30.0. The van der Waals surface area contributed by atoms with E-state index in [4.69, 9.17) is 14.9 Å². The van der Waals surface area contributed by atoms with E-state index in [-0.39, 0.29) is 0 Å². The van der Waals surface area contributed by atoms with E-state index in [1.807, 2.05) is 20.8 Å². The quantitative estimate of drug-likeness (QED) is 0.0618. The number of unbranched alkanes of at least 4 members (excludes halogenated alkanes) is 15. The number of aliphatic hydroxyl groups excluding tert-OH is 1. The summed E-state index contributed by atoms with van der Waals surface area (Å²) < 4.78 is 9.19. The molecule has 0 saturated carbocycles. The van der Waals surface area contributed by atoms with E-state index in [2.05, 4.69) is 44.9 Å². The van der Waals surface area contributed by atoms with Crippen LogP contribution < -0.4 is 0 Å². The van der Waals surface area contributed by atoms with E-state index in [0.717, 1.165) is 19.6 Å². The minimum Gasteiger partial charge on any atom is -0.474 e. The number of aliphatic hydroxyl groups is 2. The zero-order valence-corrected chi connectivity index (χ0v) is 26.6. The second-order valence-corrected chi connectivity index (χ2v) is 8.94. The van der Waals surface area contributed by atoms with E-state index < -0.39 is 6.29 Å². The highest BCUT2D eigenvalue weighted by Crippen LogP contribution is 2.13. The van der Waals surface area contributed by atoms with Crippen molar-refractivity contribution in [3.05, 3.63) is 51.0 Å². The van der Waals surface area contributed by atoms with Gasteiger partial charge in [-0.15, -0.1) is 0 Å². The molecule has 0 aromatic carbocycles. The Morgan fingerprint density at radius 3 is 0.868 bits per heavy atom. The third kappa shape index (κ3) is 83.7. The van der Waals surface area contributed by atoms with Crippen molar-refractivity contribution >= 4 is 0 Å². The Hall–Kier alpha value is -1.36. The van der Waals surface area contributed by atoms with Crippen LogP contribution in [0.2, 0.25) is 0 Å². The smallest absolute Gasteiger partial charge is 0.151 e. The van der Waals surface area contributed by atoms with Gasteiger partial charge < -0.3 is 19.7 Å². The molecular formula is C34H70O4. The van der Waals surface area contributed by atoms with E-state index in [1.54, 1.807) is 12.2 Å². The lowest BCUT2D eigenvalue weighted by Crippen LogP contribution is -2.01. The fourth-order valence-corrected chi connectivity index (χ4v) is 3.15. The molecule has 230 valence electrons. The summed E-state index contributed by atoms with van der Waals surface area (Å²) in [6, 6.07) is 0. The van der Waals surface area contributed by atoms with Crippen LogP contribution in [0, 0.1) is 0 Å². The molecule has 0 rings (SSSR count). The van der Waals surface area contributed by atoms with Crippen LogP contribution in [-0.2, 0) is 9.47 Å². The van der Waals surface area contributed by atoms with E-state index >= 15 is 0 Å². The Morgan fingerprint density at radius 1 is 0.500 bits per heavy atom. The maximum Gasteiger partial charge on any atom is 0.151 e. The van der Waals surface area contributed by atoms with Crippen molar-refractivity contribution < 1.29 is 19.7 Å². The standard InChI is InChI=1S/C18H38.C4H10O2.C4H10O.C4H6O.C4H6/c1-3-5-7-9-11-13-15-17-18-16-14-12-10-8-6-4-2;1-2-3-4(5)6;2*1-3-5-4-2;1-3-4-2/h3-18H2,1-2H3;4-6H,2-3H2,1H3;3-4H2,1-2H3;3-4H,1-2H2;3-4H,1-2H2. The lowest BCUT2D eigenvalue weighted by molar-refractivity contribution is -0.0453. The molecule has 4 heteroatoms. The summed E-state index contributed by atoms with van der Waals surface area (Å²) >= 11 is 0. The maximum atomic E-state index is 8.11. The molecule has 0 unspecified atom stereocenters. The number of rotatable bonds is 22. The second-order valence-electron chi connectivity index (χ2n) is 8.94. The first-order valence-electron chi connectivity index (χ1n) is 15.5. The highest BCUT2D eigenvalue weighted by Gasteiger charge is 1.93. The largest absolute Gasteiger partial charge is 0.474 e. The van der Waals surface area contributed by atoms with Crippen LogP contribution >= 0.6 is 0 Å². The molecule has 0 spiro atoms. The van der Waals surface area contributed by atoms with Gasteiger partial charge in [-0.25, -0.2) is 0 Å². The molecule has 0 amide bonds. The molecule has 0 aliphatic carbocycles. The fourth-order valence-electron chi connectivity index (χ4n) is 3.15. The van der Waals surface area contributed by atoms with E-state index in [9.17, 15) is 0 Å². The van der Waals surface area contributed by atoms with Gasteiger partial charge in [0.1, 0.15) is 0 Å². The van der Waals surface area contributed by atoms with Crippen LogP contribution in [0.1, 0.15) is 150 Å². The molecule has 0 aromatic rings. The lowest BCUT2D eigenvalue weighted by Gasteiger charge is -2.03. The molecule has 38 heavy (non-hydrogen) atoms. The molecule has 0 saturated heterocycles. The molecule has 0 aliphatic heterocycles. The third-order valence-corrected chi connectivity index (χ3v) is 5.27. The first-order valence-corrected chi connectivity index (χ1v) is 15.5. The average molecular weight is 543 g/mol. The van der Waals surface area contributed by atoms with Crippen molar-refractivity contribution in [3.63, 3.8) is 0 Å². The molecule has 0 fully saturated rings. The van der Waals surface area contributed by atoms with Crippen molar-refractivity contribution in [2.24, 2.45) is 0 Å². The SMILES string of the molecule is C=CC=C.C=COC=C.CCCC(O)O.CCCCCCCCCCCCCCCCCC.CCOCC. The summed E-state index contributed by atoms with van der Waals surface area (Å²) in [5.74, 6) is 0. The van der Waals surface area contributed by atoms with Gasteiger partial charge in [0.15, 0.2) is 6.29 Å². The topological polar surface area (TPSA) is 58.9 Å². The van der Waals surface area contributed by atoms with Gasteiger partial charge in [0.25, 0.3) is 0 Å². The first kappa shape index (κ1) is 46.5. The molecule has 0 bridgehead atoms. The zero-order valence-electron chi connectivity index (χ0n) is 26.6. The monoisotopic (exact) mass is 543 g/mol. The van der Waals surface area contributed by atoms with Crippen LogP contribution in [-0.4, -0.2) is 29.7 Å². The van der Waals surface area contributed by atoms with Crippen molar-refractivity contribution in [1.29, 1.82) is 0 Å². The van der Waals surface area contributed by atoms with Crippen molar-refractivity contribution in [1.82, 2.24) is 0 Å². The van der Waals surface area contributed by atoms with Gasteiger partial charge in [0.2, 0.25) is 0 Å². The van der Waals surface area contributed by atoms with Gasteiger partial charge in [0.05, 0.1) is 12.5 Å². The number of allylic oxidation sites excluding steroid dienone is 2. The summed E-state index contributed by atoms with van der Waals surface area (Å²) in [6.45, 7) is 25.4. The van der Waals surface area contributed by atoms with Gasteiger partial charge in [-0.1, -0.05) is 168 Å². The molecule has 0 atom stereocenters. The van der Waals surface area contributed by atoms with Gasteiger partial charge >= 0.3 is 0 Å². The Labute approximate surface area is 240 Å². The molecule has 2 N–H and O–H groups in total. The lowest BCUT2D eigenvalue weighted by atomic mass is 10.0. The summed E-state index contributed by atoms with van der Waals surface area (Å²) in [5, 5.41) is 16.2. The van der Waals surface area contributed by atoms with Crippen molar-refractivity contribution in [2.45, 2.75) is 156 Å². The summed E-state index contributed by atoms with van der Waals surface area (Å²) in [6.07, 6.45) is 29.5. The van der Waals surface area contributed by atoms with E-state index in [1.165, 1.54) is 115 Å². The van der Waals surface area contributed by atoms with Gasteiger partial charge in [-0.05, 0) is 20.3 Å². The van der Waals surface area contributed by atoms with Crippen LogP contribution in [0.5, 0.6) is 0 Å². The van der Waals surface area contributed by atoms with Gasteiger partial charge in [0, 0.05) is 13.2 Å². The van der Waals surface area contributed by atoms with Gasteiger partial charge in [-0.3, -0.25) is 0 Å². The van der Waals surface area contributed by atoms with Crippen molar-refractivity contribution in [3.8, 4) is 0 Å². The molecule has 0 radical (unpaired) electrons. The average Bonchev–Trinajstić information content (AvgIpc) is 2.91. The van der Waals surface area contributed by atoms with Crippen LogP contribution in [0.15, 0.2) is 51.0 Å². The predicted molar refractivity (Wildman–Crippen MR) is 172 cm³/mol. The third-order valence-electron chi connectivity index (χ3n) is 5.27. The highest BCUT2D eigenvalue weighted by molar-refractivity contribution is 4.88. The Kier molecular flexibility index (Phi) is 68.5. The number of hydrogen-bond donors (Lipinski definition) is 2. The maximum absolute atomic E-state index is 8.11. The summed E-state index contributed by atoms with van der Waals surface area (Å²) in [5.41, 5.74) is 0. The first-order chi connectivity index (χ1) is 18.4. The Balaban J connectivity index is -0.000000147. The fraction of sp³-hybridized carbons (Fsp3) is 0.765. The molecule has 4 nitrogen and oxygen atoms in total. The Bertz CT molecular complexity index is 364. The summed E-state index contributed by atoms with van der Waals surface area (Å²) in [7, 11) is 0. The number of hydrogen-bond acceptors (Lipinski definition) is 4. The van der Waals surface area contributed by atoms with Crippen LogP contribution in [0.4, 0.5) is 0 Å². The van der Waals surface area contributed by atoms with Gasteiger partial charge in [-0.2, -0.15) is 0 Å². The van der Waals surface area contributed by atoms with Crippen molar-refractivity contribution in [2.75, 3.05) is 13.2 Å². The summed E-state index contributed by atoms with van der Waals surface area (Å²) in [4.78, 5) is 0.